The van der Waals surface area contributed by atoms with Crippen LogP contribution in [0.2, 0.25) is 0 Å². The Kier molecular flexibility index (Phi) is 2.40. The standard InChI is InChI=1S/C9H8N4O2/c14-8(15)6-13-9(10-11-12-13)7-4-2-1-3-5-7/h1-5H,6H2,(H,14,15)/p-1. The Labute approximate surface area is 85.2 Å². The minimum Gasteiger partial charge on any atom is -0.548 e. The third-order valence-electron chi connectivity index (χ3n) is 1.84. The van der Waals surface area contributed by atoms with Gasteiger partial charge in [0.2, 0.25) is 0 Å². The van der Waals surface area contributed by atoms with Crippen LogP contribution < -0.4 is 5.11 Å². The highest BCUT2D eigenvalue weighted by atomic mass is 16.4. The molecule has 6 heteroatoms. The van der Waals surface area contributed by atoms with Crippen LogP contribution in [-0.2, 0) is 11.3 Å². The highest BCUT2D eigenvalue weighted by molar-refractivity contribution is 5.65. The Hall–Kier alpha value is -2.24. The molecule has 0 aliphatic rings. The number of hydrogen-bond acceptors (Lipinski definition) is 5. The Balaban J connectivity index is 2.37. The molecule has 0 saturated carbocycles. The average molecular weight is 203 g/mol. The first-order valence-electron chi connectivity index (χ1n) is 4.29. The quantitative estimate of drug-likeness (QED) is 0.644. The van der Waals surface area contributed by atoms with Crippen LogP contribution in [0.1, 0.15) is 0 Å². The van der Waals surface area contributed by atoms with Gasteiger partial charge in [-0.05, 0) is 10.4 Å². The van der Waals surface area contributed by atoms with Gasteiger partial charge in [0, 0.05) is 5.56 Å². The Morgan fingerprint density at radius 3 is 2.73 bits per heavy atom. The molecule has 0 atom stereocenters. The van der Waals surface area contributed by atoms with Crippen LogP contribution in [0.4, 0.5) is 0 Å². The van der Waals surface area contributed by atoms with Gasteiger partial charge in [-0.2, -0.15) is 0 Å². The fourth-order valence-electron chi connectivity index (χ4n) is 1.23. The van der Waals surface area contributed by atoms with E-state index in [1.54, 1.807) is 12.1 Å². The van der Waals surface area contributed by atoms with E-state index in [1.807, 2.05) is 18.2 Å². The molecule has 0 aliphatic carbocycles. The topological polar surface area (TPSA) is 83.7 Å². The predicted octanol–water partition coefficient (Wildman–Crippen LogP) is -0.910. The molecule has 76 valence electrons. The van der Waals surface area contributed by atoms with Crippen LogP contribution in [-0.4, -0.2) is 26.2 Å². The first-order chi connectivity index (χ1) is 7.27. The second-order valence-corrected chi connectivity index (χ2v) is 2.90. The minimum absolute atomic E-state index is 0.350. The lowest BCUT2D eigenvalue weighted by atomic mass is 10.2. The van der Waals surface area contributed by atoms with Gasteiger partial charge in [-0.1, -0.05) is 30.3 Å². The average Bonchev–Trinajstić information content (AvgIpc) is 2.66. The van der Waals surface area contributed by atoms with Gasteiger partial charge in [0.05, 0.1) is 12.5 Å². The molecule has 0 saturated heterocycles. The summed E-state index contributed by atoms with van der Waals surface area (Å²) in [7, 11) is 0. The van der Waals surface area contributed by atoms with Gasteiger partial charge in [0.25, 0.3) is 0 Å². The highest BCUT2D eigenvalue weighted by Gasteiger charge is 2.07. The lowest BCUT2D eigenvalue weighted by molar-refractivity contribution is -0.306. The number of rotatable bonds is 3. The molecule has 0 amide bonds. The summed E-state index contributed by atoms with van der Waals surface area (Å²) in [6.45, 7) is -0.350. The van der Waals surface area contributed by atoms with E-state index in [0.29, 0.717) is 5.82 Å². The fraction of sp³-hybridized carbons (Fsp3) is 0.111. The number of hydrogen-bond donors (Lipinski definition) is 0. The molecule has 1 heterocycles. The van der Waals surface area contributed by atoms with Crippen molar-refractivity contribution in [2.45, 2.75) is 6.54 Å². The Morgan fingerprint density at radius 1 is 1.33 bits per heavy atom. The van der Waals surface area contributed by atoms with Crippen LogP contribution in [0, 0.1) is 0 Å². The van der Waals surface area contributed by atoms with Gasteiger partial charge in [0.15, 0.2) is 5.82 Å². The number of carboxylic acid groups (broad SMARTS) is 1. The number of tetrazole rings is 1. The van der Waals surface area contributed by atoms with E-state index in [1.165, 1.54) is 4.68 Å². The predicted molar refractivity (Wildman–Crippen MR) is 48.3 cm³/mol. The molecule has 1 aromatic heterocycles. The maximum atomic E-state index is 10.4. The lowest BCUT2D eigenvalue weighted by Crippen LogP contribution is -2.28. The monoisotopic (exact) mass is 203 g/mol. The largest absolute Gasteiger partial charge is 0.548 e. The summed E-state index contributed by atoms with van der Waals surface area (Å²) < 4.78 is 1.19. The summed E-state index contributed by atoms with van der Waals surface area (Å²) in [4.78, 5) is 10.4. The summed E-state index contributed by atoms with van der Waals surface area (Å²) in [6, 6.07) is 9.12. The van der Waals surface area contributed by atoms with Crippen molar-refractivity contribution in [1.29, 1.82) is 0 Å². The molecule has 2 aromatic rings. The molecule has 0 N–H and O–H groups in total. The third-order valence-corrected chi connectivity index (χ3v) is 1.84. The molecule has 0 radical (unpaired) electrons. The second kappa shape index (κ2) is 3.87. The summed E-state index contributed by atoms with van der Waals surface area (Å²) >= 11 is 0. The third kappa shape index (κ3) is 1.98. The normalized spacial score (nSPS) is 10.1. The zero-order valence-corrected chi connectivity index (χ0v) is 7.70. The maximum absolute atomic E-state index is 10.4. The molecule has 0 bridgehead atoms. The van der Waals surface area contributed by atoms with Crippen LogP contribution in [0.25, 0.3) is 11.4 Å². The molecule has 1 aromatic carbocycles. The van der Waals surface area contributed by atoms with Gasteiger partial charge < -0.3 is 9.90 Å². The first-order valence-corrected chi connectivity index (χ1v) is 4.29. The van der Waals surface area contributed by atoms with Gasteiger partial charge in [0.1, 0.15) is 0 Å². The Bertz CT molecular complexity index is 466. The van der Waals surface area contributed by atoms with Crippen LogP contribution in [0.5, 0.6) is 0 Å². The second-order valence-electron chi connectivity index (χ2n) is 2.90. The molecule has 0 unspecified atom stereocenters. The SMILES string of the molecule is O=C([O-])Cn1nnnc1-c1ccccc1. The van der Waals surface area contributed by atoms with Crippen LogP contribution >= 0.6 is 0 Å². The smallest absolute Gasteiger partial charge is 0.182 e. The molecular formula is C9H7N4O2-. The van der Waals surface area contributed by atoms with Crippen molar-refractivity contribution < 1.29 is 9.90 Å². The van der Waals surface area contributed by atoms with Gasteiger partial charge in [-0.15, -0.1) is 5.10 Å². The lowest BCUT2D eigenvalue weighted by Gasteiger charge is -2.04. The van der Waals surface area contributed by atoms with Crippen molar-refractivity contribution in [2.75, 3.05) is 0 Å². The van der Waals surface area contributed by atoms with Gasteiger partial charge in [-0.3, -0.25) is 0 Å². The zero-order chi connectivity index (χ0) is 10.7. The van der Waals surface area contributed by atoms with E-state index in [4.69, 9.17) is 0 Å². The molecular weight excluding hydrogens is 196 g/mol. The number of benzene rings is 1. The van der Waals surface area contributed by atoms with E-state index < -0.39 is 5.97 Å². The molecule has 0 fully saturated rings. The Morgan fingerprint density at radius 2 is 2.07 bits per heavy atom. The first kappa shape index (κ1) is 9.32. The molecule has 0 spiro atoms. The number of nitrogens with zero attached hydrogens (tertiary/aromatic N) is 4. The van der Waals surface area contributed by atoms with E-state index in [9.17, 15) is 9.90 Å². The van der Waals surface area contributed by atoms with Crippen molar-refractivity contribution in [3.63, 3.8) is 0 Å². The number of aromatic nitrogens is 4. The van der Waals surface area contributed by atoms with E-state index in [2.05, 4.69) is 15.5 Å². The van der Waals surface area contributed by atoms with E-state index >= 15 is 0 Å². The number of carboxylic acids is 1. The fourth-order valence-corrected chi connectivity index (χ4v) is 1.23. The molecule has 6 nitrogen and oxygen atoms in total. The summed E-state index contributed by atoms with van der Waals surface area (Å²) in [5.74, 6) is -0.806. The van der Waals surface area contributed by atoms with Gasteiger partial charge in [-0.25, -0.2) is 4.68 Å². The van der Waals surface area contributed by atoms with Crippen LogP contribution in [0.15, 0.2) is 30.3 Å². The summed E-state index contributed by atoms with van der Waals surface area (Å²) in [6.07, 6.45) is 0. The van der Waals surface area contributed by atoms with Crippen LogP contribution in [0.3, 0.4) is 0 Å². The van der Waals surface area contributed by atoms with Crippen molar-refractivity contribution in [2.24, 2.45) is 0 Å². The van der Waals surface area contributed by atoms with Crippen molar-refractivity contribution in [1.82, 2.24) is 20.2 Å². The minimum atomic E-state index is -1.22. The molecule has 2 rings (SSSR count). The molecule has 0 aliphatic heterocycles. The van der Waals surface area contributed by atoms with Crippen molar-refractivity contribution in [3.8, 4) is 11.4 Å². The highest BCUT2D eigenvalue weighted by Crippen LogP contribution is 2.13. The van der Waals surface area contributed by atoms with E-state index in [-0.39, 0.29) is 6.54 Å². The zero-order valence-electron chi connectivity index (χ0n) is 7.70. The number of aliphatic carboxylic acids is 1. The van der Waals surface area contributed by atoms with Gasteiger partial charge >= 0.3 is 0 Å². The summed E-state index contributed by atoms with van der Waals surface area (Å²) in [5, 5.41) is 21.2. The van der Waals surface area contributed by atoms with E-state index in [0.717, 1.165) is 5.56 Å². The summed E-state index contributed by atoms with van der Waals surface area (Å²) in [5.41, 5.74) is 0.767. The van der Waals surface area contributed by atoms with Crippen molar-refractivity contribution in [3.05, 3.63) is 30.3 Å². The van der Waals surface area contributed by atoms with Crippen molar-refractivity contribution >= 4 is 5.97 Å². The molecule has 15 heavy (non-hydrogen) atoms. The number of carbonyl (C=O) groups excluding carboxylic acids is 1. The number of carbonyl (C=O) groups is 1. The maximum Gasteiger partial charge on any atom is 0.182 e.